The van der Waals surface area contributed by atoms with E-state index in [4.69, 9.17) is 11.3 Å². The number of methoxy groups -OCH3 is 1. The largest absolute Gasteiger partial charge is 0.497 e. The van der Waals surface area contributed by atoms with Gasteiger partial charge >= 0.3 is 6.18 Å². The van der Waals surface area contributed by atoms with Crippen molar-refractivity contribution in [3.05, 3.63) is 65.0 Å². The Morgan fingerprint density at radius 2 is 1.97 bits per heavy atom. The highest BCUT2D eigenvalue weighted by Gasteiger charge is 2.41. The molecule has 1 heterocycles. The van der Waals surface area contributed by atoms with Crippen LogP contribution in [0.5, 0.6) is 5.75 Å². The van der Waals surface area contributed by atoms with Crippen molar-refractivity contribution in [3.63, 3.8) is 0 Å². The Hall–Kier alpha value is -3.41. The molecular weight excluding hydrogens is 385 g/mol. The van der Waals surface area contributed by atoms with Crippen LogP contribution in [0, 0.1) is 6.57 Å². The number of halogens is 3. The van der Waals surface area contributed by atoms with Crippen LogP contribution in [0.1, 0.15) is 30.5 Å². The third-order valence-corrected chi connectivity index (χ3v) is 4.68. The van der Waals surface area contributed by atoms with Crippen molar-refractivity contribution in [2.24, 2.45) is 10.2 Å². The first-order valence-corrected chi connectivity index (χ1v) is 8.62. The summed E-state index contributed by atoms with van der Waals surface area (Å²) in [5.74, 6) is 0.119. The number of azo groups is 1. The molecule has 2 aromatic rings. The lowest BCUT2D eigenvalue weighted by Crippen LogP contribution is -2.37. The third-order valence-electron chi connectivity index (χ3n) is 4.68. The van der Waals surface area contributed by atoms with Gasteiger partial charge in [-0.25, -0.2) is 4.85 Å². The zero-order valence-electron chi connectivity index (χ0n) is 15.6. The highest BCUT2D eigenvalue weighted by atomic mass is 19.4. The third kappa shape index (κ3) is 4.21. The highest BCUT2D eigenvalue weighted by molar-refractivity contribution is 5.98. The molecule has 0 spiro atoms. The van der Waals surface area contributed by atoms with Crippen LogP contribution in [0.2, 0.25) is 0 Å². The maximum Gasteiger partial charge on any atom is 0.407 e. The molecule has 29 heavy (non-hydrogen) atoms. The minimum atomic E-state index is -4.70. The predicted octanol–water partition coefficient (Wildman–Crippen LogP) is 5.56. The molecule has 0 bridgehead atoms. The second-order valence-corrected chi connectivity index (χ2v) is 6.78. The summed E-state index contributed by atoms with van der Waals surface area (Å²) in [6, 6.07) is 9.90. The van der Waals surface area contributed by atoms with E-state index in [1.807, 2.05) is 12.1 Å². The summed E-state index contributed by atoms with van der Waals surface area (Å²) in [6.07, 6.45) is -4.42. The van der Waals surface area contributed by atoms with Gasteiger partial charge < -0.3 is 10.1 Å². The van der Waals surface area contributed by atoms with E-state index in [0.717, 1.165) is 17.7 Å². The first-order chi connectivity index (χ1) is 13.7. The molecule has 3 rings (SSSR count). The van der Waals surface area contributed by atoms with E-state index in [1.54, 1.807) is 26.2 Å². The van der Waals surface area contributed by atoms with E-state index >= 15 is 0 Å². The molecule has 6 nitrogen and oxygen atoms in total. The van der Waals surface area contributed by atoms with E-state index in [2.05, 4.69) is 20.4 Å². The number of alkyl halides is 3. The van der Waals surface area contributed by atoms with Gasteiger partial charge in [0.2, 0.25) is 0 Å². The van der Waals surface area contributed by atoms with Crippen molar-refractivity contribution < 1.29 is 22.7 Å². The molecule has 0 saturated heterocycles. The lowest BCUT2D eigenvalue weighted by molar-refractivity contribution is -0.136. The zero-order valence-corrected chi connectivity index (χ0v) is 15.6. The summed E-state index contributed by atoms with van der Waals surface area (Å²) >= 11 is 0. The molecule has 2 unspecified atom stereocenters. The van der Waals surface area contributed by atoms with Crippen LogP contribution in [0.3, 0.4) is 0 Å². The first-order valence-electron chi connectivity index (χ1n) is 8.62. The SMILES string of the molecule is [C-]#[N+]c1ccc(NC(=O)C2(C)CC(c3ccc(OC)cc3)N=N2)cc1C(F)(F)F. The van der Waals surface area contributed by atoms with Crippen LogP contribution in [0.25, 0.3) is 4.85 Å². The van der Waals surface area contributed by atoms with Gasteiger partial charge in [-0.3, -0.25) is 4.79 Å². The van der Waals surface area contributed by atoms with Crippen LogP contribution in [-0.2, 0) is 11.0 Å². The summed E-state index contributed by atoms with van der Waals surface area (Å²) < 4.78 is 44.5. The lowest BCUT2D eigenvalue weighted by atomic mass is 9.91. The number of hydrogen-bond donors (Lipinski definition) is 1. The molecule has 2 aromatic carbocycles. The second-order valence-electron chi connectivity index (χ2n) is 6.78. The van der Waals surface area contributed by atoms with Crippen molar-refractivity contribution in [2.75, 3.05) is 12.4 Å². The topological polar surface area (TPSA) is 67.4 Å². The van der Waals surface area contributed by atoms with Crippen LogP contribution >= 0.6 is 0 Å². The van der Waals surface area contributed by atoms with Gasteiger partial charge in [0.15, 0.2) is 11.2 Å². The summed E-state index contributed by atoms with van der Waals surface area (Å²) in [5, 5.41) is 10.7. The lowest BCUT2D eigenvalue weighted by Gasteiger charge is -2.20. The normalized spacial score (nSPS) is 20.9. The monoisotopic (exact) mass is 402 g/mol. The fraction of sp³-hybridized carbons (Fsp3) is 0.300. The Bertz CT molecular complexity index is 996. The van der Waals surface area contributed by atoms with Crippen molar-refractivity contribution in [2.45, 2.75) is 31.1 Å². The molecule has 0 radical (unpaired) electrons. The Kier molecular flexibility index (Phi) is 5.29. The van der Waals surface area contributed by atoms with Gasteiger partial charge in [0.25, 0.3) is 5.91 Å². The number of anilines is 1. The van der Waals surface area contributed by atoms with Crippen molar-refractivity contribution in [1.82, 2.24) is 0 Å². The quantitative estimate of drug-likeness (QED) is 0.681. The Morgan fingerprint density at radius 1 is 1.28 bits per heavy atom. The van der Waals surface area contributed by atoms with E-state index in [9.17, 15) is 18.0 Å². The number of rotatable bonds is 4. The van der Waals surface area contributed by atoms with Crippen LogP contribution in [0.4, 0.5) is 24.5 Å². The number of carbonyl (C=O) groups is 1. The maximum atomic E-state index is 13.1. The van der Waals surface area contributed by atoms with Gasteiger partial charge in [0.05, 0.1) is 25.3 Å². The molecule has 1 amide bonds. The van der Waals surface area contributed by atoms with Gasteiger partial charge in [-0.05, 0) is 36.8 Å². The number of benzene rings is 2. The number of nitrogens with zero attached hydrogens (tertiary/aromatic N) is 3. The molecule has 1 aliphatic heterocycles. The molecular formula is C20H17F3N4O2. The predicted molar refractivity (Wildman–Crippen MR) is 99.9 cm³/mol. The van der Waals surface area contributed by atoms with Crippen molar-refractivity contribution in [3.8, 4) is 5.75 Å². The smallest absolute Gasteiger partial charge is 0.407 e. The van der Waals surface area contributed by atoms with Gasteiger partial charge in [-0.15, -0.1) is 0 Å². The van der Waals surface area contributed by atoms with Gasteiger partial charge in [-0.1, -0.05) is 18.2 Å². The van der Waals surface area contributed by atoms with Crippen LogP contribution < -0.4 is 10.1 Å². The van der Waals surface area contributed by atoms with Gasteiger partial charge in [0.1, 0.15) is 5.75 Å². The molecule has 2 atom stereocenters. The molecule has 0 saturated carbocycles. The fourth-order valence-corrected chi connectivity index (χ4v) is 3.01. The highest BCUT2D eigenvalue weighted by Crippen LogP contribution is 2.40. The molecule has 9 heteroatoms. The van der Waals surface area contributed by atoms with Gasteiger partial charge in [-0.2, -0.15) is 23.4 Å². The first kappa shape index (κ1) is 20.3. The number of amides is 1. The van der Waals surface area contributed by atoms with E-state index in [1.165, 1.54) is 6.07 Å². The van der Waals surface area contributed by atoms with Crippen LogP contribution in [0.15, 0.2) is 52.7 Å². The summed E-state index contributed by atoms with van der Waals surface area (Å²) in [6.45, 7) is 8.45. The molecule has 0 fully saturated rings. The molecule has 1 N–H and O–H groups in total. The second kappa shape index (κ2) is 7.54. The summed E-state index contributed by atoms with van der Waals surface area (Å²) in [7, 11) is 1.56. The summed E-state index contributed by atoms with van der Waals surface area (Å²) in [4.78, 5) is 15.6. The van der Waals surface area contributed by atoms with Crippen LogP contribution in [-0.4, -0.2) is 18.6 Å². The molecule has 0 aromatic heterocycles. The summed E-state index contributed by atoms with van der Waals surface area (Å²) in [5.41, 5.74) is -2.05. The standard InChI is InChI=1S/C20H17F3N4O2/c1-19(11-17(26-27-19)12-4-7-14(29-3)8-5-12)18(28)25-13-6-9-16(24-2)15(10-13)20(21,22)23/h4-10,17H,11H2,1,3H3,(H,25,28). The molecule has 1 aliphatic rings. The zero-order chi connectivity index (χ0) is 21.2. The molecule has 150 valence electrons. The fourth-order valence-electron chi connectivity index (χ4n) is 3.01. The molecule has 0 aliphatic carbocycles. The Morgan fingerprint density at radius 3 is 2.55 bits per heavy atom. The maximum absolute atomic E-state index is 13.1. The Balaban J connectivity index is 1.76. The average molecular weight is 402 g/mol. The average Bonchev–Trinajstić information content (AvgIpc) is 3.11. The number of hydrogen-bond acceptors (Lipinski definition) is 4. The van der Waals surface area contributed by atoms with Crippen molar-refractivity contribution in [1.29, 1.82) is 0 Å². The number of carbonyl (C=O) groups excluding carboxylic acids is 1. The minimum absolute atomic E-state index is 0.0564. The van der Waals surface area contributed by atoms with E-state index < -0.39 is 28.9 Å². The van der Waals surface area contributed by atoms with E-state index in [0.29, 0.717) is 5.75 Å². The van der Waals surface area contributed by atoms with Gasteiger partial charge in [0, 0.05) is 12.1 Å². The number of nitrogens with one attached hydrogen (secondary N) is 1. The minimum Gasteiger partial charge on any atom is -0.497 e. The number of ether oxygens (including phenoxy) is 1. The van der Waals surface area contributed by atoms with E-state index in [-0.39, 0.29) is 18.2 Å². The van der Waals surface area contributed by atoms with Crippen molar-refractivity contribution >= 4 is 17.3 Å². The Labute approximate surface area is 165 Å².